The number of esters is 2. The standard InChI is InChI=1S/C15H27NO5.C13H25NO4.C13H23NO4.C11H21NO3.C4H7N2O2.C4H8O/c1-5-20-13(17)11-19-10-12-6-8-16(9-7-12)14(18)21-15(2,3)4;2*1-13(2,3)18-12(16)14-6-4-11(5-7-14)10-17-9-8-15;1-11(2,3)15-10(14)12-6-4-9(8-13)5-7-12;1-2-8-4(7)3-6-5;1-2-4-5-3-1/h12H,5-11H2,1-4H3;11,15H,4-10H2,1-3H3;8,11H,4-7,9-10H2,1-3H3;9,13H,4-8H2,1-3H3;3,5H,2H2,1H3;1-4H2/q;;;;+1;. The first-order valence-electron chi connectivity index (χ1n) is 30.3. The van der Waals surface area contributed by atoms with Gasteiger partial charge in [0.1, 0.15) is 41.9 Å². The summed E-state index contributed by atoms with van der Waals surface area (Å²) in [6.45, 7) is 36.8. The van der Waals surface area contributed by atoms with E-state index in [1.807, 2.05) is 83.1 Å². The quantitative estimate of drug-likeness (QED) is 0.0251. The maximum atomic E-state index is 11.9. The Morgan fingerprint density at radius 2 is 0.847 bits per heavy atom. The Hall–Kier alpha value is -5.17. The molecule has 0 spiro atoms. The molecule has 3 N–H and O–H groups in total. The van der Waals surface area contributed by atoms with Gasteiger partial charge in [0.05, 0.1) is 50.0 Å². The lowest BCUT2D eigenvalue weighted by Gasteiger charge is -2.33. The fourth-order valence-corrected chi connectivity index (χ4v) is 8.30. The van der Waals surface area contributed by atoms with Crippen LogP contribution in [0.3, 0.4) is 0 Å². The lowest BCUT2D eigenvalue weighted by Crippen LogP contribution is -2.42. The van der Waals surface area contributed by atoms with Crippen molar-refractivity contribution in [2.75, 3.05) is 132 Å². The number of hydrogen-bond acceptors (Lipinski definition) is 20. The lowest BCUT2D eigenvalue weighted by atomic mass is 9.98. The van der Waals surface area contributed by atoms with Crippen LogP contribution in [0.2, 0.25) is 0 Å². The van der Waals surface area contributed by atoms with Crippen molar-refractivity contribution in [3.05, 3.63) is 0 Å². The zero-order valence-electron chi connectivity index (χ0n) is 54.2. The minimum absolute atomic E-state index is 0.000119. The van der Waals surface area contributed by atoms with Gasteiger partial charge >= 0.3 is 42.5 Å². The van der Waals surface area contributed by atoms with E-state index in [0.29, 0.717) is 103 Å². The number of nitrogens with zero attached hydrogens (tertiary/aromatic N) is 5. The molecule has 0 radical (unpaired) electrons. The van der Waals surface area contributed by atoms with Gasteiger partial charge in [-0.15, -0.1) is 0 Å². The van der Waals surface area contributed by atoms with Gasteiger partial charge in [0.15, 0.2) is 0 Å². The average Bonchev–Trinajstić information content (AvgIpc) is 4.03. The molecule has 0 aromatic heterocycles. The number of likely N-dealkylation sites (tertiary alicyclic amines) is 4. The number of carbonyl (C=O) groups is 7. The van der Waals surface area contributed by atoms with Crippen LogP contribution in [-0.2, 0) is 61.8 Å². The van der Waals surface area contributed by atoms with Gasteiger partial charge in [0.25, 0.3) is 0 Å². The topological polar surface area (TPSA) is 303 Å². The Balaban J connectivity index is 0.00000104. The fraction of sp³-hybridized carbons (Fsp3) is 0.867. The van der Waals surface area contributed by atoms with Crippen molar-refractivity contribution in [3.8, 4) is 0 Å². The van der Waals surface area contributed by atoms with Gasteiger partial charge in [0, 0.05) is 78.8 Å². The van der Waals surface area contributed by atoms with E-state index in [1.165, 1.54) is 12.8 Å². The number of piperidine rings is 4. The molecule has 5 aliphatic heterocycles. The third-order valence-corrected chi connectivity index (χ3v) is 12.6. The van der Waals surface area contributed by atoms with E-state index >= 15 is 0 Å². The van der Waals surface area contributed by atoms with Gasteiger partial charge in [-0.1, -0.05) is 0 Å². The van der Waals surface area contributed by atoms with Crippen LogP contribution in [0.5, 0.6) is 0 Å². The molecule has 5 heterocycles. The highest BCUT2D eigenvalue weighted by atomic mass is 16.6. The molecule has 85 heavy (non-hydrogen) atoms. The van der Waals surface area contributed by atoms with E-state index in [9.17, 15) is 33.6 Å². The number of aldehydes is 1. The fourth-order valence-electron chi connectivity index (χ4n) is 8.30. The molecule has 5 fully saturated rings. The van der Waals surface area contributed by atoms with Crippen LogP contribution in [0.4, 0.5) is 19.2 Å². The molecule has 5 rings (SSSR count). The van der Waals surface area contributed by atoms with Crippen molar-refractivity contribution in [2.45, 2.75) is 184 Å². The molecule has 0 unspecified atom stereocenters. The summed E-state index contributed by atoms with van der Waals surface area (Å²) in [6, 6.07) is 0. The number of aliphatic hydroxyl groups excluding tert-OH is 2. The molecule has 4 amide bonds. The minimum atomic E-state index is -0.567. The monoisotopic (exact) mass is 1220 g/mol. The van der Waals surface area contributed by atoms with Crippen LogP contribution in [0, 0.1) is 29.2 Å². The van der Waals surface area contributed by atoms with Crippen molar-refractivity contribution in [1.82, 2.24) is 19.6 Å². The highest BCUT2D eigenvalue weighted by Gasteiger charge is 2.31. The molecule has 0 aliphatic carbocycles. The van der Waals surface area contributed by atoms with Crippen LogP contribution in [0.25, 0.3) is 0 Å². The molecule has 0 aromatic rings. The molecule has 494 valence electrons. The van der Waals surface area contributed by atoms with E-state index in [4.69, 9.17) is 58.4 Å². The largest absolute Gasteiger partial charge is 0.464 e. The third-order valence-electron chi connectivity index (χ3n) is 12.6. The Morgan fingerprint density at radius 3 is 1.12 bits per heavy atom. The van der Waals surface area contributed by atoms with Gasteiger partial charge in [-0.05, 0) is 185 Å². The van der Waals surface area contributed by atoms with Gasteiger partial charge in [-0.3, -0.25) is 0 Å². The second-order valence-corrected chi connectivity index (χ2v) is 25.0. The smallest absolute Gasteiger partial charge is 0.418 e. The summed E-state index contributed by atoms with van der Waals surface area (Å²) < 4.78 is 51.2. The Labute approximate surface area is 507 Å². The number of ether oxygens (including phenoxy) is 10. The molecule has 0 saturated carbocycles. The molecule has 25 nitrogen and oxygen atoms in total. The molecular weight excluding hydrogens is 1110 g/mol. The zero-order chi connectivity index (χ0) is 64.5. The second-order valence-electron chi connectivity index (χ2n) is 25.0. The van der Waals surface area contributed by atoms with Crippen LogP contribution >= 0.6 is 0 Å². The molecule has 0 atom stereocenters. The number of nitrogens with one attached hydrogen (secondary N) is 1. The van der Waals surface area contributed by atoms with E-state index in [1.54, 1.807) is 33.4 Å². The highest BCUT2D eigenvalue weighted by molar-refractivity contribution is 6.20. The average molecular weight is 1220 g/mol. The molecule has 0 bridgehead atoms. The summed E-state index contributed by atoms with van der Waals surface area (Å²) in [4.78, 5) is 88.3. The van der Waals surface area contributed by atoms with Gasteiger partial charge in [-0.25, -0.2) is 28.8 Å². The summed E-state index contributed by atoms with van der Waals surface area (Å²) in [5.74, 6) is 0.742. The molecule has 5 saturated heterocycles. The summed E-state index contributed by atoms with van der Waals surface area (Å²) in [7, 11) is 0. The first kappa shape index (κ1) is 79.8. The number of rotatable bonds is 16. The molecular formula is C60H111N6O19+. The van der Waals surface area contributed by atoms with E-state index < -0.39 is 28.4 Å². The normalized spacial score (nSPS) is 17.1. The maximum absolute atomic E-state index is 11.9. The first-order chi connectivity index (χ1) is 39.9. The summed E-state index contributed by atoms with van der Waals surface area (Å²) >= 11 is 0. The highest BCUT2D eigenvalue weighted by Crippen LogP contribution is 2.24. The number of hydrogen-bond donors (Lipinski definition) is 3. The Bertz CT molecular complexity index is 1890. The van der Waals surface area contributed by atoms with Crippen molar-refractivity contribution in [3.63, 3.8) is 0 Å². The maximum Gasteiger partial charge on any atom is 0.418 e. The predicted octanol–water partition coefficient (Wildman–Crippen LogP) is 7.99. The Morgan fingerprint density at radius 1 is 0.518 bits per heavy atom. The van der Waals surface area contributed by atoms with E-state index in [-0.39, 0.29) is 56.8 Å². The van der Waals surface area contributed by atoms with Crippen LogP contribution in [0.15, 0.2) is 0 Å². The van der Waals surface area contributed by atoms with Crippen molar-refractivity contribution in [2.24, 2.45) is 23.7 Å². The van der Waals surface area contributed by atoms with Crippen LogP contribution in [-0.4, -0.2) is 237 Å². The van der Waals surface area contributed by atoms with E-state index in [2.05, 4.69) is 9.53 Å². The van der Waals surface area contributed by atoms with Crippen molar-refractivity contribution in [1.29, 1.82) is 5.53 Å². The summed E-state index contributed by atoms with van der Waals surface area (Å²) in [6.07, 6.45) is 10.3. The summed E-state index contributed by atoms with van der Waals surface area (Å²) in [5, 5.41) is 17.6. The van der Waals surface area contributed by atoms with Gasteiger partial charge < -0.3 is 82.0 Å². The second kappa shape index (κ2) is 44.3. The number of amides is 4. The Kier molecular flexibility index (Phi) is 41.6. The lowest BCUT2D eigenvalue weighted by molar-refractivity contribution is -0.149. The zero-order valence-corrected chi connectivity index (χ0v) is 54.2. The number of carbonyl (C=O) groups excluding carboxylic acids is 7. The molecule has 5 aliphatic rings. The third kappa shape index (κ3) is 44.0. The predicted molar refractivity (Wildman–Crippen MR) is 317 cm³/mol. The summed E-state index contributed by atoms with van der Waals surface area (Å²) in [5.41, 5.74) is 4.42. The van der Waals surface area contributed by atoms with Gasteiger partial charge in [0.2, 0.25) is 0 Å². The SMILES string of the molecule is C1CCOC1.CC(C)(C)OC(=O)N1CCC(CO)CC1.CC(C)(C)OC(=O)N1CCC(COCC=O)CC1.CC(C)(C)OC(=O)N1CCC(COCCO)CC1.CCOC(=O)C=[N+]=N.CCOC(=O)COCC1CCN(C(=O)OC(C)(C)C)CC1. The molecule has 25 heteroatoms. The van der Waals surface area contributed by atoms with Crippen LogP contribution in [0.1, 0.15) is 161 Å². The number of aliphatic hydroxyl groups is 2. The van der Waals surface area contributed by atoms with Crippen molar-refractivity contribution >= 4 is 48.8 Å². The van der Waals surface area contributed by atoms with Crippen LogP contribution < -0.4 is 0 Å². The van der Waals surface area contributed by atoms with Crippen molar-refractivity contribution < 1.29 is 95.9 Å². The van der Waals surface area contributed by atoms with Gasteiger partial charge in [-0.2, -0.15) is 0 Å². The molecule has 0 aromatic carbocycles. The van der Waals surface area contributed by atoms with E-state index in [0.717, 1.165) is 90.2 Å². The minimum Gasteiger partial charge on any atom is -0.464 e. The first-order valence-corrected chi connectivity index (χ1v) is 30.3.